The quantitative estimate of drug-likeness (QED) is 0.627. The summed E-state index contributed by atoms with van der Waals surface area (Å²) in [4.78, 5) is 22.3. The first kappa shape index (κ1) is 17.2. The molecule has 1 aromatic heterocycles. The van der Waals surface area contributed by atoms with Gasteiger partial charge in [0, 0.05) is 29.2 Å². The summed E-state index contributed by atoms with van der Waals surface area (Å²) < 4.78 is 1.09. The van der Waals surface area contributed by atoms with E-state index in [1.54, 1.807) is 18.2 Å². The average Bonchev–Trinajstić information content (AvgIpc) is 2.86. The molecule has 0 fully saturated rings. The predicted octanol–water partition coefficient (Wildman–Crippen LogP) is 2.10. The Kier molecular flexibility index (Phi) is 5.19. The van der Waals surface area contributed by atoms with E-state index in [0.717, 1.165) is 10.9 Å². The van der Waals surface area contributed by atoms with Gasteiger partial charge in [-0.15, -0.1) is 0 Å². The summed E-state index contributed by atoms with van der Waals surface area (Å²) in [6.07, 6.45) is -0.177. The first-order chi connectivity index (χ1) is 10.8. The van der Waals surface area contributed by atoms with Gasteiger partial charge in [-0.05, 0) is 12.1 Å². The van der Waals surface area contributed by atoms with Gasteiger partial charge in [-0.2, -0.15) is 5.10 Å². The number of halogens is 2. The van der Waals surface area contributed by atoms with Crippen molar-refractivity contribution in [1.29, 1.82) is 0 Å². The molecule has 0 bridgehead atoms. The number of hydrogen-bond donors (Lipinski definition) is 2. The molecule has 8 nitrogen and oxygen atoms in total. The number of carbonyl (C=O) groups is 1. The molecular formula is C13H12Cl2N4O4. The van der Waals surface area contributed by atoms with Crippen molar-refractivity contribution < 1.29 is 14.8 Å². The summed E-state index contributed by atoms with van der Waals surface area (Å²) in [7, 11) is 1.41. The van der Waals surface area contributed by atoms with Crippen molar-refractivity contribution in [2.75, 3.05) is 6.54 Å². The third-order valence-corrected chi connectivity index (χ3v) is 3.78. The molecule has 0 aliphatic heterocycles. The lowest BCUT2D eigenvalue weighted by Crippen LogP contribution is -2.30. The Morgan fingerprint density at radius 3 is 2.65 bits per heavy atom. The summed E-state index contributed by atoms with van der Waals surface area (Å²) in [5, 5.41) is 27.6. The van der Waals surface area contributed by atoms with Crippen LogP contribution in [0, 0.1) is 10.1 Å². The number of hydrogen-bond acceptors (Lipinski definition) is 5. The van der Waals surface area contributed by atoms with Crippen molar-refractivity contribution in [2.45, 2.75) is 6.10 Å². The van der Waals surface area contributed by atoms with Gasteiger partial charge in [-0.1, -0.05) is 29.3 Å². The number of aromatic nitrogens is 2. The van der Waals surface area contributed by atoms with Crippen LogP contribution in [0.4, 0.5) is 5.69 Å². The molecule has 23 heavy (non-hydrogen) atoms. The number of aliphatic hydroxyl groups excluding tert-OH is 1. The summed E-state index contributed by atoms with van der Waals surface area (Å²) >= 11 is 11.9. The van der Waals surface area contributed by atoms with Crippen molar-refractivity contribution >= 4 is 34.8 Å². The van der Waals surface area contributed by atoms with E-state index in [4.69, 9.17) is 23.2 Å². The number of nitrogens with zero attached hydrogens (tertiary/aromatic N) is 3. The highest BCUT2D eigenvalue weighted by atomic mass is 35.5. The lowest BCUT2D eigenvalue weighted by atomic mass is 10.1. The van der Waals surface area contributed by atoms with E-state index in [1.807, 2.05) is 0 Å². The van der Waals surface area contributed by atoms with E-state index in [1.165, 1.54) is 7.05 Å². The highest BCUT2D eigenvalue weighted by Gasteiger charge is 2.26. The maximum atomic E-state index is 12.1. The van der Waals surface area contributed by atoms with E-state index in [0.29, 0.717) is 0 Å². The minimum Gasteiger partial charge on any atom is -0.386 e. The predicted molar refractivity (Wildman–Crippen MR) is 83.6 cm³/mol. The number of amides is 1. The molecule has 2 rings (SSSR count). The molecule has 122 valence electrons. The fraction of sp³-hybridized carbons (Fsp3) is 0.231. The van der Waals surface area contributed by atoms with Crippen molar-refractivity contribution in [3.8, 4) is 0 Å². The molecule has 0 radical (unpaired) electrons. The van der Waals surface area contributed by atoms with Crippen LogP contribution in [0.5, 0.6) is 0 Å². The second-order valence-electron chi connectivity index (χ2n) is 4.62. The number of rotatable bonds is 5. The third-order valence-electron chi connectivity index (χ3n) is 3.12. The highest BCUT2D eigenvalue weighted by Crippen LogP contribution is 2.30. The van der Waals surface area contributed by atoms with Gasteiger partial charge < -0.3 is 10.4 Å². The number of carbonyl (C=O) groups excluding carboxylic acids is 1. The number of nitrogens with one attached hydrogen (secondary N) is 1. The van der Waals surface area contributed by atoms with Gasteiger partial charge in [-0.3, -0.25) is 19.6 Å². The van der Waals surface area contributed by atoms with Gasteiger partial charge in [-0.25, -0.2) is 0 Å². The minimum atomic E-state index is -1.16. The molecule has 0 saturated heterocycles. The molecule has 0 aliphatic carbocycles. The van der Waals surface area contributed by atoms with E-state index in [9.17, 15) is 20.0 Å². The monoisotopic (exact) mass is 358 g/mol. The SMILES string of the molecule is Cn1ncc([N+](=O)[O-])c1C(=O)NC[C@H](O)c1c(Cl)cccc1Cl. The van der Waals surface area contributed by atoms with Gasteiger partial charge in [0.1, 0.15) is 6.20 Å². The second-order valence-corrected chi connectivity index (χ2v) is 5.43. The molecule has 1 heterocycles. The first-order valence-corrected chi connectivity index (χ1v) is 7.15. The minimum absolute atomic E-state index is 0.215. The fourth-order valence-corrected chi connectivity index (χ4v) is 2.68. The molecule has 1 atom stereocenters. The lowest BCUT2D eigenvalue weighted by Gasteiger charge is -2.15. The normalized spacial score (nSPS) is 12.0. The molecule has 0 aliphatic rings. The lowest BCUT2D eigenvalue weighted by molar-refractivity contribution is -0.385. The number of aryl methyl sites for hydroxylation is 1. The maximum Gasteiger partial charge on any atom is 0.320 e. The zero-order valence-corrected chi connectivity index (χ0v) is 13.4. The van der Waals surface area contributed by atoms with Crippen LogP contribution in [0.3, 0.4) is 0 Å². The molecule has 2 N–H and O–H groups in total. The maximum absolute atomic E-state index is 12.1. The van der Waals surface area contributed by atoms with Crippen molar-refractivity contribution in [3.05, 3.63) is 55.8 Å². The standard InChI is InChI=1S/C13H12Cl2N4O4/c1-18-12(9(5-17-18)19(22)23)13(21)16-6-10(20)11-7(14)3-2-4-8(11)15/h2-5,10,20H,6H2,1H3,(H,16,21)/t10-/m0/s1. The Balaban J connectivity index is 2.14. The zero-order chi connectivity index (χ0) is 17.1. The Labute approximate surface area is 140 Å². The van der Waals surface area contributed by atoms with Gasteiger partial charge in [0.2, 0.25) is 5.69 Å². The van der Waals surface area contributed by atoms with Crippen LogP contribution in [0.1, 0.15) is 22.2 Å². The molecule has 0 saturated carbocycles. The molecular weight excluding hydrogens is 347 g/mol. The van der Waals surface area contributed by atoms with Gasteiger partial charge in [0.05, 0.1) is 11.0 Å². The van der Waals surface area contributed by atoms with Crippen LogP contribution >= 0.6 is 23.2 Å². The van der Waals surface area contributed by atoms with Crippen LogP contribution in [-0.4, -0.2) is 32.3 Å². The first-order valence-electron chi connectivity index (χ1n) is 6.39. The number of benzene rings is 1. The van der Waals surface area contributed by atoms with Gasteiger partial charge in [0.25, 0.3) is 5.91 Å². The average molecular weight is 359 g/mol. The van der Waals surface area contributed by atoms with E-state index in [-0.39, 0.29) is 27.8 Å². The van der Waals surface area contributed by atoms with Crippen LogP contribution in [0.25, 0.3) is 0 Å². The van der Waals surface area contributed by atoms with Crippen LogP contribution in [-0.2, 0) is 7.05 Å². The topological polar surface area (TPSA) is 110 Å². The Hall–Kier alpha value is -2.16. The Morgan fingerprint density at radius 1 is 1.48 bits per heavy atom. The van der Waals surface area contributed by atoms with Gasteiger partial charge >= 0.3 is 5.69 Å². The third kappa shape index (κ3) is 3.61. The zero-order valence-electron chi connectivity index (χ0n) is 11.9. The van der Waals surface area contributed by atoms with Crippen LogP contribution in [0.15, 0.2) is 24.4 Å². The summed E-state index contributed by atoms with van der Waals surface area (Å²) in [6.45, 7) is -0.218. The summed E-state index contributed by atoms with van der Waals surface area (Å²) in [6, 6.07) is 4.73. The molecule has 1 amide bonds. The summed E-state index contributed by atoms with van der Waals surface area (Å²) in [5.41, 5.74) is -0.363. The number of nitro groups is 1. The van der Waals surface area contributed by atoms with Crippen LogP contribution < -0.4 is 5.32 Å². The summed E-state index contributed by atoms with van der Waals surface area (Å²) in [5.74, 6) is -0.737. The Bertz CT molecular complexity index is 742. The Morgan fingerprint density at radius 2 is 2.09 bits per heavy atom. The highest BCUT2D eigenvalue weighted by molar-refractivity contribution is 6.36. The van der Waals surface area contributed by atoms with E-state index < -0.39 is 22.6 Å². The largest absolute Gasteiger partial charge is 0.386 e. The smallest absolute Gasteiger partial charge is 0.320 e. The molecule has 0 unspecified atom stereocenters. The van der Waals surface area contributed by atoms with Gasteiger partial charge in [0.15, 0.2) is 0 Å². The van der Waals surface area contributed by atoms with E-state index >= 15 is 0 Å². The number of aliphatic hydroxyl groups is 1. The van der Waals surface area contributed by atoms with Crippen molar-refractivity contribution in [2.24, 2.45) is 7.05 Å². The molecule has 0 spiro atoms. The van der Waals surface area contributed by atoms with Crippen LogP contribution in [0.2, 0.25) is 10.0 Å². The van der Waals surface area contributed by atoms with E-state index in [2.05, 4.69) is 10.4 Å². The second kappa shape index (κ2) is 6.95. The molecule has 10 heteroatoms. The fourth-order valence-electron chi connectivity index (χ4n) is 2.03. The van der Waals surface area contributed by atoms with Crippen molar-refractivity contribution in [3.63, 3.8) is 0 Å². The molecule has 1 aromatic carbocycles. The van der Waals surface area contributed by atoms with Crippen molar-refractivity contribution in [1.82, 2.24) is 15.1 Å². The molecule has 2 aromatic rings.